The Morgan fingerprint density at radius 2 is 1.73 bits per heavy atom. The molecule has 0 aliphatic carbocycles. The normalized spacial score (nSPS) is 12.5. The molecule has 82 valence electrons. The van der Waals surface area contributed by atoms with Gasteiger partial charge in [-0.05, 0) is 24.0 Å². The molecule has 1 nitrogen and oxygen atoms in total. The fourth-order valence-electron chi connectivity index (χ4n) is 1.79. The van der Waals surface area contributed by atoms with Crippen molar-refractivity contribution in [3.8, 4) is 0 Å². The average Bonchev–Trinajstić information content (AvgIpc) is 2.26. The number of rotatable bonds is 4. The molecule has 1 aromatic rings. The van der Waals surface area contributed by atoms with E-state index in [0.717, 1.165) is 18.4 Å². The molecule has 0 saturated carbocycles. The van der Waals surface area contributed by atoms with Crippen LogP contribution in [0.15, 0.2) is 18.2 Å². The highest BCUT2D eigenvalue weighted by Crippen LogP contribution is 2.20. The minimum atomic E-state index is 0.00278. The van der Waals surface area contributed by atoms with Crippen LogP contribution in [0.25, 0.3) is 0 Å². The van der Waals surface area contributed by atoms with E-state index in [1.165, 1.54) is 11.1 Å². The topological polar surface area (TPSA) is 17.1 Å². The summed E-state index contributed by atoms with van der Waals surface area (Å²) in [6.07, 6.45) is 1.85. The smallest absolute Gasteiger partial charge is 0.169 e. The lowest BCUT2D eigenvalue weighted by Crippen LogP contribution is -2.15. The molecule has 0 saturated heterocycles. The number of hydrogen-bond acceptors (Lipinski definition) is 1. The second kappa shape index (κ2) is 5.42. The largest absolute Gasteiger partial charge is 0.293 e. The summed E-state index contributed by atoms with van der Waals surface area (Å²) in [7, 11) is 2.58. The second-order valence-electron chi connectivity index (χ2n) is 3.81. The number of carbonyl (C=O) groups excluding carboxylic acids is 1. The van der Waals surface area contributed by atoms with Crippen molar-refractivity contribution >= 4 is 15.0 Å². The summed E-state index contributed by atoms with van der Waals surface area (Å²) in [6, 6.07) is 6.15. The average molecular weight is 222 g/mol. The van der Waals surface area contributed by atoms with Crippen molar-refractivity contribution in [2.45, 2.75) is 39.3 Å². The van der Waals surface area contributed by atoms with E-state index in [4.69, 9.17) is 0 Å². The SMILES string of the molecule is CCc1cccc(CC)c1C(=O)C(C)P. The van der Waals surface area contributed by atoms with E-state index in [2.05, 4.69) is 35.2 Å². The molecular weight excluding hydrogens is 203 g/mol. The predicted molar refractivity (Wildman–Crippen MR) is 68.7 cm³/mol. The summed E-state index contributed by atoms with van der Waals surface area (Å²) in [5.41, 5.74) is 3.30. The zero-order valence-corrected chi connectivity index (χ0v) is 10.9. The molecule has 2 unspecified atom stereocenters. The molecule has 2 heteroatoms. The van der Waals surface area contributed by atoms with Crippen molar-refractivity contribution in [1.29, 1.82) is 0 Å². The first kappa shape index (κ1) is 12.4. The first-order valence-electron chi connectivity index (χ1n) is 5.52. The Balaban J connectivity index is 3.28. The van der Waals surface area contributed by atoms with Crippen molar-refractivity contribution in [2.24, 2.45) is 0 Å². The summed E-state index contributed by atoms with van der Waals surface area (Å²) in [5, 5.41) is 0. The second-order valence-corrected chi connectivity index (χ2v) is 4.81. The number of Topliss-reactive ketones (excluding diaryl/α,β-unsaturated/α-hetero) is 1. The Labute approximate surface area is 94.5 Å². The minimum absolute atomic E-state index is 0.00278. The lowest BCUT2D eigenvalue weighted by molar-refractivity contribution is 0.0992. The highest BCUT2D eigenvalue weighted by molar-refractivity contribution is 7.19. The van der Waals surface area contributed by atoms with Crippen LogP contribution in [-0.4, -0.2) is 11.4 Å². The minimum Gasteiger partial charge on any atom is -0.293 e. The molecule has 0 bridgehead atoms. The van der Waals surface area contributed by atoms with E-state index in [-0.39, 0.29) is 11.4 Å². The van der Waals surface area contributed by atoms with Crippen LogP contribution in [0.2, 0.25) is 0 Å². The number of ketones is 1. The molecule has 0 aromatic heterocycles. The van der Waals surface area contributed by atoms with Gasteiger partial charge in [0.05, 0.1) is 0 Å². The molecule has 0 fully saturated rings. The highest BCUT2D eigenvalue weighted by Gasteiger charge is 2.17. The number of carbonyl (C=O) groups is 1. The molecule has 0 radical (unpaired) electrons. The van der Waals surface area contributed by atoms with Crippen LogP contribution in [0, 0.1) is 0 Å². The van der Waals surface area contributed by atoms with Crippen LogP contribution < -0.4 is 0 Å². The Bertz CT molecular complexity index is 333. The molecule has 0 heterocycles. The summed E-state index contributed by atoms with van der Waals surface area (Å²) in [4.78, 5) is 12.1. The van der Waals surface area contributed by atoms with Crippen molar-refractivity contribution < 1.29 is 4.79 Å². The maximum absolute atomic E-state index is 12.1. The van der Waals surface area contributed by atoms with Gasteiger partial charge in [-0.15, -0.1) is 9.24 Å². The summed E-state index contributed by atoms with van der Waals surface area (Å²) < 4.78 is 0. The van der Waals surface area contributed by atoms with Gasteiger partial charge in [0.25, 0.3) is 0 Å². The third-order valence-electron chi connectivity index (χ3n) is 2.66. The summed E-state index contributed by atoms with van der Waals surface area (Å²) in [6.45, 7) is 6.12. The van der Waals surface area contributed by atoms with E-state index < -0.39 is 0 Å². The van der Waals surface area contributed by atoms with Crippen LogP contribution >= 0.6 is 9.24 Å². The van der Waals surface area contributed by atoms with Gasteiger partial charge in [0.2, 0.25) is 0 Å². The summed E-state index contributed by atoms with van der Waals surface area (Å²) in [5.74, 6) is 0.245. The Hall–Kier alpha value is -0.680. The zero-order valence-electron chi connectivity index (χ0n) is 9.71. The molecule has 15 heavy (non-hydrogen) atoms. The molecule has 1 aromatic carbocycles. The molecule has 0 aliphatic rings. The van der Waals surface area contributed by atoms with E-state index in [1.54, 1.807) is 0 Å². The van der Waals surface area contributed by atoms with Gasteiger partial charge in [-0.1, -0.05) is 39.0 Å². The van der Waals surface area contributed by atoms with Crippen molar-refractivity contribution in [2.75, 3.05) is 0 Å². The predicted octanol–water partition coefficient (Wildman–Crippen LogP) is 3.26. The van der Waals surface area contributed by atoms with Crippen LogP contribution in [0.4, 0.5) is 0 Å². The first-order chi connectivity index (χ1) is 7.11. The number of aryl methyl sites for hydroxylation is 2. The Morgan fingerprint density at radius 3 is 2.07 bits per heavy atom. The lowest BCUT2D eigenvalue weighted by Gasteiger charge is -2.13. The van der Waals surface area contributed by atoms with Gasteiger partial charge in [-0.3, -0.25) is 4.79 Å². The van der Waals surface area contributed by atoms with E-state index in [0.29, 0.717) is 0 Å². The quantitative estimate of drug-likeness (QED) is 0.564. The highest BCUT2D eigenvalue weighted by atomic mass is 31.0. The Morgan fingerprint density at radius 1 is 1.27 bits per heavy atom. The maximum atomic E-state index is 12.1. The first-order valence-corrected chi connectivity index (χ1v) is 6.19. The van der Waals surface area contributed by atoms with Crippen LogP contribution in [0.5, 0.6) is 0 Å². The fourth-order valence-corrected chi connectivity index (χ4v) is 1.95. The summed E-state index contributed by atoms with van der Waals surface area (Å²) >= 11 is 0. The van der Waals surface area contributed by atoms with E-state index in [1.807, 2.05) is 13.0 Å². The number of benzene rings is 1. The van der Waals surface area contributed by atoms with Gasteiger partial charge in [-0.2, -0.15) is 0 Å². The van der Waals surface area contributed by atoms with Crippen LogP contribution in [0.1, 0.15) is 42.3 Å². The third-order valence-corrected chi connectivity index (χ3v) is 2.96. The standard InChI is InChI=1S/C13H19OP/c1-4-10-7-6-8-11(5-2)12(10)13(14)9(3)15/h6-9H,4-5,15H2,1-3H3. The van der Waals surface area contributed by atoms with Crippen molar-refractivity contribution in [1.82, 2.24) is 0 Å². The zero-order chi connectivity index (χ0) is 11.4. The van der Waals surface area contributed by atoms with Gasteiger partial charge in [0.15, 0.2) is 5.78 Å². The van der Waals surface area contributed by atoms with Crippen molar-refractivity contribution in [3.63, 3.8) is 0 Å². The molecule has 0 amide bonds. The molecule has 0 N–H and O–H groups in total. The van der Waals surface area contributed by atoms with E-state index >= 15 is 0 Å². The number of hydrogen-bond donors (Lipinski definition) is 0. The van der Waals surface area contributed by atoms with Gasteiger partial charge < -0.3 is 0 Å². The molecule has 0 aliphatic heterocycles. The van der Waals surface area contributed by atoms with Gasteiger partial charge >= 0.3 is 0 Å². The van der Waals surface area contributed by atoms with Crippen LogP contribution in [-0.2, 0) is 12.8 Å². The third kappa shape index (κ3) is 2.66. The maximum Gasteiger partial charge on any atom is 0.169 e. The molecular formula is C13H19OP. The van der Waals surface area contributed by atoms with Gasteiger partial charge in [0, 0.05) is 11.2 Å². The monoisotopic (exact) mass is 222 g/mol. The fraction of sp³-hybridized carbons (Fsp3) is 0.462. The molecule has 2 atom stereocenters. The van der Waals surface area contributed by atoms with Gasteiger partial charge in [0.1, 0.15) is 0 Å². The molecule has 1 rings (SSSR count). The van der Waals surface area contributed by atoms with Crippen molar-refractivity contribution in [3.05, 3.63) is 34.9 Å². The molecule has 0 spiro atoms. The Kier molecular flexibility index (Phi) is 4.47. The van der Waals surface area contributed by atoms with E-state index in [9.17, 15) is 4.79 Å². The van der Waals surface area contributed by atoms with Crippen LogP contribution in [0.3, 0.4) is 0 Å². The lowest BCUT2D eigenvalue weighted by atomic mass is 9.93. The van der Waals surface area contributed by atoms with Gasteiger partial charge in [-0.25, -0.2) is 0 Å².